The number of urea groups is 1. The van der Waals surface area contributed by atoms with E-state index in [1.54, 1.807) is 18.2 Å². The van der Waals surface area contributed by atoms with Crippen LogP contribution < -0.4 is 15.5 Å². The van der Waals surface area contributed by atoms with E-state index in [0.717, 1.165) is 87.5 Å². The van der Waals surface area contributed by atoms with E-state index in [1.807, 2.05) is 48.5 Å². The molecule has 2 heterocycles. The van der Waals surface area contributed by atoms with E-state index < -0.39 is 11.7 Å². The van der Waals surface area contributed by atoms with Crippen LogP contribution in [0.1, 0.15) is 43.2 Å². The largest absolute Gasteiger partial charge is 0.379 e. The van der Waals surface area contributed by atoms with Gasteiger partial charge in [-0.1, -0.05) is 55.7 Å². The van der Waals surface area contributed by atoms with Crippen molar-refractivity contribution in [3.63, 3.8) is 0 Å². The first-order chi connectivity index (χ1) is 17.6. The molecule has 1 saturated carbocycles. The lowest BCUT2D eigenvalue weighted by Crippen LogP contribution is -2.63. The number of aliphatic imine (C=N–C) groups is 1. The number of rotatable bonds is 5. The van der Waals surface area contributed by atoms with Gasteiger partial charge in [0.05, 0.1) is 18.9 Å². The van der Waals surface area contributed by atoms with Gasteiger partial charge in [0.25, 0.3) is 5.91 Å². The standard InChI is InChI=1S/C28H35N5O3/c1-32-25-14-8-6-9-21(25)19-29-28(26(32)34,23-11-3-2-4-12-23)31-27(35)30-24-13-7-5-10-22(24)20-33-15-17-36-18-16-33/h5-10,13-14,19,23H,2-4,11-12,15-18,20H2,1H3,(H2,30,31,35). The summed E-state index contributed by atoms with van der Waals surface area (Å²) in [4.78, 5) is 36.3. The van der Waals surface area contributed by atoms with Gasteiger partial charge in [0.1, 0.15) is 0 Å². The van der Waals surface area contributed by atoms with Crippen molar-refractivity contribution in [1.29, 1.82) is 0 Å². The van der Waals surface area contributed by atoms with Crippen LogP contribution in [0.3, 0.4) is 0 Å². The lowest BCUT2D eigenvalue weighted by atomic mass is 9.79. The Labute approximate surface area is 212 Å². The Morgan fingerprint density at radius 3 is 2.58 bits per heavy atom. The number of nitrogens with one attached hydrogen (secondary N) is 2. The highest BCUT2D eigenvalue weighted by Crippen LogP contribution is 2.38. The van der Waals surface area contributed by atoms with E-state index in [-0.39, 0.29) is 11.8 Å². The van der Waals surface area contributed by atoms with Gasteiger partial charge in [-0.15, -0.1) is 0 Å². The van der Waals surface area contributed by atoms with E-state index in [9.17, 15) is 9.59 Å². The maximum Gasteiger partial charge on any atom is 0.321 e. The molecule has 5 rings (SSSR count). The van der Waals surface area contributed by atoms with Crippen LogP contribution in [0.2, 0.25) is 0 Å². The molecule has 1 unspecified atom stereocenters. The second kappa shape index (κ2) is 10.8. The van der Waals surface area contributed by atoms with Crippen molar-refractivity contribution in [3.8, 4) is 0 Å². The smallest absolute Gasteiger partial charge is 0.321 e. The summed E-state index contributed by atoms with van der Waals surface area (Å²) in [5.41, 5.74) is 2.08. The predicted octanol–water partition coefficient (Wildman–Crippen LogP) is 4.01. The molecule has 0 aromatic heterocycles. The third-order valence-corrected chi connectivity index (χ3v) is 7.60. The predicted molar refractivity (Wildman–Crippen MR) is 141 cm³/mol. The van der Waals surface area contributed by atoms with Crippen molar-refractivity contribution >= 4 is 29.5 Å². The second-order valence-electron chi connectivity index (χ2n) is 9.91. The Bertz CT molecular complexity index is 1120. The molecule has 36 heavy (non-hydrogen) atoms. The number of ether oxygens (including phenoxy) is 1. The zero-order valence-electron chi connectivity index (χ0n) is 20.9. The van der Waals surface area contributed by atoms with Gasteiger partial charge in [0.2, 0.25) is 5.66 Å². The fraction of sp³-hybridized carbons (Fsp3) is 0.464. The molecule has 3 amide bonds. The third-order valence-electron chi connectivity index (χ3n) is 7.60. The van der Waals surface area contributed by atoms with Gasteiger partial charge in [-0.25, -0.2) is 4.79 Å². The van der Waals surface area contributed by atoms with Gasteiger partial charge in [0.15, 0.2) is 0 Å². The highest BCUT2D eigenvalue weighted by molar-refractivity contribution is 6.09. The Balaban J connectivity index is 1.41. The van der Waals surface area contributed by atoms with Crippen molar-refractivity contribution < 1.29 is 14.3 Å². The molecule has 3 aliphatic rings. The van der Waals surface area contributed by atoms with Gasteiger partial charge in [-0.3, -0.25) is 14.7 Å². The molecule has 1 atom stereocenters. The summed E-state index contributed by atoms with van der Waals surface area (Å²) >= 11 is 0. The van der Waals surface area contributed by atoms with Gasteiger partial charge in [-0.05, 0) is 30.5 Å². The molecule has 1 saturated heterocycles. The molecule has 0 bridgehead atoms. The number of benzene rings is 2. The first-order valence-corrected chi connectivity index (χ1v) is 13.0. The number of amides is 3. The Kier molecular flexibility index (Phi) is 7.34. The summed E-state index contributed by atoms with van der Waals surface area (Å²) in [7, 11) is 1.77. The molecule has 190 valence electrons. The number of hydrogen-bond donors (Lipinski definition) is 2. The van der Waals surface area contributed by atoms with Crippen molar-refractivity contribution in [1.82, 2.24) is 10.2 Å². The van der Waals surface area contributed by atoms with Crippen molar-refractivity contribution in [2.45, 2.75) is 44.3 Å². The summed E-state index contributed by atoms with van der Waals surface area (Å²) in [6.07, 6.45) is 6.64. The fourth-order valence-corrected chi connectivity index (χ4v) is 5.59. The van der Waals surface area contributed by atoms with Crippen LogP contribution in [0, 0.1) is 5.92 Å². The van der Waals surface area contributed by atoms with Crippen LogP contribution in [0.5, 0.6) is 0 Å². The van der Waals surface area contributed by atoms with E-state index in [4.69, 9.17) is 9.73 Å². The zero-order chi connectivity index (χ0) is 25.0. The van der Waals surface area contributed by atoms with Gasteiger partial charge in [0, 0.05) is 50.1 Å². The fourth-order valence-electron chi connectivity index (χ4n) is 5.59. The van der Waals surface area contributed by atoms with Crippen LogP contribution in [0.15, 0.2) is 53.5 Å². The van der Waals surface area contributed by atoms with Crippen LogP contribution in [0.4, 0.5) is 16.2 Å². The molecule has 2 N–H and O–H groups in total. The molecular formula is C28H35N5O3. The first-order valence-electron chi connectivity index (χ1n) is 13.0. The van der Waals surface area contributed by atoms with Gasteiger partial charge < -0.3 is 20.3 Å². The molecule has 1 aliphatic carbocycles. The summed E-state index contributed by atoms with van der Waals surface area (Å²) in [5.74, 6) is -0.270. The third kappa shape index (κ3) is 5.01. The summed E-state index contributed by atoms with van der Waals surface area (Å²) in [5, 5.41) is 6.10. The quantitative estimate of drug-likeness (QED) is 0.665. The number of carbonyl (C=O) groups is 2. The van der Waals surface area contributed by atoms with Crippen LogP contribution in [-0.4, -0.2) is 62.1 Å². The second-order valence-corrected chi connectivity index (χ2v) is 9.91. The van der Waals surface area contributed by atoms with E-state index >= 15 is 0 Å². The van der Waals surface area contributed by atoms with E-state index in [1.165, 1.54) is 0 Å². The number of para-hydroxylation sites is 2. The van der Waals surface area contributed by atoms with Crippen molar-refractivity contribution in [3.05, 3.63) is 59.7 Å². The van der Waals surface area contributed by atoms with Crippen molar-refractivity contribution in [2.75, 3.05) is 43.6 Å². The van der Waals surface area contributed by atoms with E-state index in [0.29, 0.717) is 0 Å². The molecule has 2 aromatic rings. The minimum absolute atomic E-state index is 0.0684. The SMILES string of the molecule is CN1C(=O)C(NC(=O)Nc2ccccc2CN2CCOCC2)(C2CCCCC2)N=Cc2ccccc21. The molecular weight excluding hydrogens is 454 g/mol. The summed E-state index contributed by atoms with van der Waals surface area (Å²) in [6.45, 7) is 3.89. The number of fused-ring (bicyclic) bond motifs is 1. The summed E-state index contributed by atoms with van der Waals surface area (Å²) < 4.78 is 5.47. The molecule has 8 nitrogen and oxygen atoms in total. The normalized spacial score (nSPS) is 23.1. The first kappa shape index (κ1) is 24.5. The molecule has 2 fully saturated rings. The van der Waals surface area contributed by atoms with E-state index in [2.05, 4.69) is 15.5 Å². The maximum atomic E-state index is 14.0. The Morgan fingerprint density at radius 1 is 1.06 bits per heavy atom. The Hall–Kier alpha value is -3.23. The number of nitrogens with zero attached hydrogens (tertiary/aromatic N) is 3. The molecule has 0 radical (unpaired) electrons. The molecule has 2 aliphatic heterocycles. The van der Waals surface area contributed by atoms with Crippen molar-refractivity contribution in [2.24, 2.45) is 10.9 Å². The van der Waals surface area contributed by atoms with Gasteiger partial charge >= 0.3 is 6.03 Å². The minimum Gasteiger partial charge on any atom is -0.379 e. The highest BCUT2D eigenvalue weighted by atomic mass is 16.5. The maximum absolute atomic E-state index is 14.0. The average Bonchev–Trinajstić information content (AvgIpc) is 3.02. The zero-order valence-corrected chi connectivity index (χ0v) is 20.9. The molecule has 0 spiro atoms. The topological polar surface area (TPSA) is 86.3 Å². The van der Waals surface area contributed by atoms with Gasteiger partial charge in [-0.2, -0.15) is 0 Å². The molecule has 8 heteroatoms. The minimum atomic E-state index is -1.35. The number of likely N-dealkylation sites (N-methyl/N-ethyl adjacent to an activating group) is 1. The number of morpholine rings is 1. The monoisotopic (exact) mass is 489 g/mol. The highest BCUT2D eigenvalue weighted by Gasteiger charge is 2.49. The number of carbonyl (C=O) groups excluding carboxylic acids is 2. The average molecular weight is 490 g/mol. The number of hydrogen-bond acceptors (Lipinski definition) is 5. The van der Waals surface area contributed by atoms with Crippen LogP contribution >= 0.6 is 0 Å². The number of benzodiazepines with no additional fused rings is 1. The lowest BCUT2D eigenvalue weighted by molar-refractivity contribution is -0.126. The van der Waals surface area contributed by atoms with Crippen LogP contribution in [0.25, 0.3) is 0 Å². The lowest BCUT2D eigenvalue weighted by Gasteiger charge is -2.40. The number of anilines is 2. The Morgan fingerprint density at radius 2 is 1.78 bits per heavy atom. The van der Waals surface area contributed by atoms with Crippen LogP contribution in [-0.2, 0) is 16.1 Å². The molecule has 2 aromatic carbocycles. The summed E-state index contributed by atoms with van der Waals surface area (Å²) in [6, 6.07) is 15.1.